The van der Waals surface area contributed by atoms with Crippen LogP contribution < -0.4 is 0 Å². The van der Waals surface area contributed by atoms with Crippen molar-refractivity contribution in [1.29, 1.82) is 5.26 Å². The number of fused-ring (bicyclic) bond motifs is 1. The van der Waals surface area contributed by atoms with E-state index < -0.39 is 11.6 Å². The lowest BCUT2D eigenvalue weighted by Crippen LogP contribution is -2.01. The second-order valence-electron chi connectivity index (χ2n) is 8.77. The maximum Gasteiger partial charge on any atom is 0.134 e. The number of benzene rings is 4. The predicted octanol–water partition coefficient (Wildman–Crippen LogP) is 7.82. The molecule has 0 saturated heterocycles. The van der Waals surface area contributed by atoms with Crippen LogP contribution in [0, 0.1) is 28.8 Å². The summed E-state index contributed by atoms with van der Waals surface area (Å²) < 4.78 is 44.1. The molecule has 4 rings (SSSR count). The first-order chi connectivity index (χ1) is 17.0. The third-order valence-electron chi connectivity index (χ3n) is 6.37. The molecule has 176 valence electrons. The molecule has 0 aliphatic carbocycles. The molecular weight excluding hydrogens is 443 g/mol. The van der Waals surface area contributed by atoms with Crippen LogP contribution >= 0.6 is 0 Å². The molecule has 0 aromatic heterocycles. The summed E-state index contributed by atoms with van der Waals surface area (Å²) in [5, 5.41) is 10.2. The molecule has 0 atom stereocenters. The van der Waals surface area contributed by atoms with Crippen LogP contribution in [-0.2, 0) is 32.1 Å². The summed E-state index contributed by atoms with van der Waals surface area (Å²) in [6.07, 6.45) is 4.87. The third-order valence-corrected chi connectivity index (χ3v) is 6.37. The SMILES string of the molecule is C=CCCc1cc(F)c(CCc2ccc3c(F)c(CCc4ccc(C#N)cc4)ccc3c2)c(F)c1. The average molecular weight is 470 g/mol. The first kappa shape index (κ1) is 24.3. The lowest BCUT2D eigenvalue weighted by atomic mass is 9.96. The minimum absolute atomic E-state index is 0.0804. The lowest BCUT2D eigenvalue weighted by Gasteiger charge is -2.10. The third kappa shape index (κ3) is 5.81. The van der Waals surface area contributed by atoms with E-state index in [1.54, 1.807) is 30.3 Å². The zero-order valence-corrected chi connectivity index (χ0v) is 19.5. The number of rotatable bonds is 9. The Balaban J connectivity index is 1.45. The highest BCUT2D eigenvalue weighted by Crippen LogP contribution is 2.25. The van der Waals surface area contributed by atoms with Crippen LogP contribution in [-0.4, -0.2) is 0 Å². The summed E-state index contributed by atoms with van der Waals surface area (Å²) >= 11 is 0. The molecule has 4 aromatic rings. The number of aryl methyl sites for hydroxylation is 4. The van der Waals surface area contributed by atoms with Gasteiger partial charge in [-0.05, 0) is 90.4 Å². The van der Waals surface area contributed by atoms with E-state index in [-0.39, 0.29) is 17.8 Å². The van der Waals surface area contributed by atoms with Crippen molar-refractivity contribution in [3.63, 3.8) is 0 Å². The van der Waals surface area contributed by atoms with Crippen molar-refractivity contribution in [1.82, 2.24) is 0 Å². The molecule has 0 heterocycles. The summed E-state index contributed by atoms with van der Waals surface area (Å²) in [7, 11) is 0. The van der Waals surface area contributed by atoms with Crippen LogP contribution in [0.5, 0.6) is 0 Å². The fourth-order valence-corrected chi connectivity index (χ4v) is 4.34. The summed E-state index contributed by atoms with van der Waals surface area (Å²) in [4.78, 5) is 0. The predicted molar refractivity (Wildman–Crippen MR) is 135 cm³/mol. The van der Waals surface area contributed by atoms with Crippen LogP contribution in [0.15, 0.2) is 79.4 Å². The fraction of sp³-hybridized carbons (Fsp3) is 0.194. The van der Waals surface area contributed by atoms with E-state index in [1.807, 2.05) is 30.3 Å². The molecule has 0 N–H and O–H groups in total. The zero-order valence-electron chi connectivity index (χ0n) is 19.5. The Morgan fingerprint density at radius 3 is 2.09 bits per heavy atom. The van der Waals surface area contributed by atoms with Gasteiger partial charge in [0.05, 0.1) is 11.6 Å². The maximum absolute atomic E-state index is 15.2. The highest BCUT2D eigenvalue weighted by Gasteiger charge is 2.13. The number of nitrogens with zero attached hydrogens (tertiary/aromatic N) is 1. The molecule has 1 nitrogen and oxygen atoms in total. The Labute approximate surface area is 204 Å². The fourth-order valence-electron chi connectivity index (χ4n) is 4.34. The molecule has 0 amide bonds. The van der Waals surface area contributed by atoms with Crippen molar-refractivity contribution >= 4 is 10.8 Å². The Morgan fingerprint density at radius 2 is 1.40 bits per heavy atom. The average Bonchev–Trinajstić information content (AvgIpc) is 2.87. The van der Waals surface area contributed by atoms with Gasteiger partial charge in [0, 0.05) is 10.9 Å². The first-order valence-corrected chi connectivity index (χ1v) is 11.7. The Morgan fingerprint density at radius 1 is 0.714 bits per heavy atom. The molecule has 0 radical (unpaired) electrons. The first-order valence-electron chi connectivity index (χ1n) is 11.7. The van der Waals surface area contributed by atoms with Gasteiger partial charge in [0.2, 0.25) is 0 Å². The molecule has 0 fully saturated rings. The van der Waals surface area contributed by atoms with Gasteiger partial charge in [-0.2, -0.15) is 5.26 Å². The van der Waals surface area contributed by atoms with Crippen molar-refractivity contribution in [2.45, 2.75) is 38.5 Å². The summed E-state index contributed by atoms with van der Waals surface area (Å²) in [6.45, 7) is 3.64. The smallest absolute Gasteiger partial charge is 0.134 e. The van der Waals surface area contributed by atoms with Gasteiger partial charge in [-0.25, -0.2) is 13.2 Å². The van der Waals surface area contributed by atoms with Gasteiger partial charge >= 0.3 is 0 Å². The highest BCUT2D eigenvalue weighted by molar-refractivity contribution is 5.84. The second kappa shape index (κ2) is 11.1. The van der Waals surface area contributed by atoms with E-state index in [0.29, 0.717) is 54.2 Å². The van der Waals surface area contributed by atoms with Crippen LogP contribution in [0.25, 0.3) is 10.8 Å². The minimum Gasteiger partial charge on any atom is -0.207 e. The van der Waals surface area contributed by atoms with Crippen LogP contribution in [0.3, 0.4) is 0 Å². The normalized spacial score (nSPS) is 10.9. The topological polar surface area (TPSA) is 23.8 Å². The molecule has 4 heteroatoms. The van der Waals surface area contributed by atoms with Crippen molar-refractivity contribution < 1.29 is 13.2 Å². The molecule has 0 spiro atoms. The van der Waals surface area contributed by atoms with Crippen LogP contribution in [0.1, 0.15) is 39.8 Å². The molecule has 0 aliphatic rings. The highest BCUT2D eigenvalue weighted by atomic mass is 19.1. The Kier molecular flexibility index (Phi) is 7.67. The molecule has 4 aromatic carbocycles. The van der Waals surface area contributed by atoms with Crippen molar-refractivity contribution in [3.05, 3.63) is 130 Å². The molecule has 0 unspecified atom stereocenters. The number of halogens is 3. The van der Waals surface area contributed by atoms with Gasteiger partial charge in [-0.1, -0.05) is 48.5 Å². The van der Waals surface area contributed by atoms with Crippen molar-refractivity contribution in [2.75, 3.05) is 0 Å². The van der Waals surface area contributed by atoms with Crippen molar-refractivity contribution in [3.8, 4) is 6.07 Å². The second-order valence-corrected chi connectivity index (χ2v) is 8.77. The number of hydrogen-bond donors (Lipinski definition) is 0. The standard InChI is InChI=1S/C31H26F3N/c1-2-3-4-24-18-29(32)28(30(33)19-24)16-11-22-10-15-27-26(17-22)14-13-25(31(27)34)12-9-21-5-7-23(20-35)8-6-21/h2,5-8,10,13-15,17-19H,1,3-4,9,11-12,16H2. The van der Waals surface area contributed by atoms with Gasteiger partial charge in [-0.3, -0.25) is 0 Å². The van der Waals surface area contributed by atoms with Gasteiger partial charge in [-0.15, -0.1) is 6.58 Å². The van der Waals surface area contributed by atoms with Crippen LogP contribution in [0.4, 0.5) is 13.2 Å². The monoisotopic (exact) mass is 469 g/mol. The van der Waals surface area contributed by atoms with E-state index >= 15 is 4.39 Å². The molecule has 0 aliphatic heterocycles. The molecule has 0 saturated carbocycles. The van der Waals surface area contributed by atoms with Gasteiger partial charge in [0.1, 0.15) is 17.5 Å². The quantitative estimate of drug-likeness (QED) is 0.229. The Bertz CT molecular complexity index is 1370. The van der Waals surface area contributed by atoms with Gasteiger partial charge < -0.3 is 0 Å². The Hall–Kier alpha value is -3.84. The maximum atomic E-state index is 15.2. The molecule has 0 bridgehead atoms. The number of nitriles is 1. The van der Waals surface area contributed by atoms with Crippen molar-refractivity contribution in [2.24, 2.45) is 0 Å². The van der Waals surface area contributed by atoms with E-state index in [0.717, 1.165) is 16.5 Å². The number of hydrogen-bond acceptors (Lipinski definition) is 1. The lowest BCUT2D eigenvalue weighted by molar-refractivity contribution is 0.551. The van der Waals surface area contributed by atoms with Crippen LogP contribution in [0.2, 0.25) is 0 Å². The van der Waals surface area contributed by atoms with E-state index in [4.69, 9.17) is 5.26 Å². The summed E-state index contributed by atoms with van der Waals surface area (Å²) in [5.41, 5.74) is 3.89. The number of allylic oxidation sites excluding steroid dienone is 1. The summed E-state index contributed by atoms with van der Waals surface area (Å²) in [5.74, 6) is -1.29. The van der Waals surface area contributed by atoms with E-state index in [1.165, 1.54) is 12.1 Å². The molecular formula is C31H26F3N. The zero-order chi connectivity index (χ0) is 24.8. The van der Waals surface area contributed by atoms with E-state index in [2.05, 4.69) is 12.6 Å². The molecule has 35 heavy (non-hydrogen) atoms. The minimum atomic E-state index is -0.525. The summed E-state index contributed by atoms with van der Waals surface area (Å²) in [6, 6.07) is 21.4. The van der Waals surface area contributed by atoms with E-state index in [9.17, 15) is 8.78 Å². The van der Waals surface area contributed by atoms with Gasteiger partial charge in [0.15, 0.2) is 0 Å². The van der Waals surface area contributed by atoms with Gasteiger partial charge in [0.25, 0.3) is 0 Å². The largest absolute Gasteiger partial charge is 0.207 e.